The van der Waals surface area contributed by atoms with Crippen molar-refractivity contribution in [3.8, 4) is 5.75 Å². The molecule has 4 heteroatoms. The van der Waals surface area contributed by atoms with Gasteiger partial charge in [0.25, 0.3) is 0 Å². The van der Waals surface area contributed by atoms with Crippen LogP contribution in [0.1, 0.15) is 24.3 Å². The fourth-order valence-corrected chi connectivity index (χ4v) is 1.89. The summed E-state index contributed by atoms with van der Waals surface area (Å²) in [5.74, 6) is 0.778. The number of hydrogen-bond donors (Lipinski definition) is 1. The van der Waals surface area contributed by atoms with Gasteiger partial charge >= 0.3 is 0 Å². The Kier molecular flexibility index (Phi) is 4.18. The summed E-state index contributed by atoms with van der Waals surface area (Å²) in [7, 11) is 0. The standard InChI is InChI=1S/C14H14ClNO2/c1-2-18-11-7-5-10(6-8-11)14(17)13-12(15)4-3-9-16-13/h3-9,14,17H,2H2,1H3. The van der Waals surface area contributed by atoms with Crippen molar-refractivity contribution in [3.63, 3.8) is 0 Å². The fraction of sp³-hybridized carbons (Fsp3) is 0.214. The van der Waals surface area contributed by atoms with Gasteiger partial charge in [-0.1, -0.05) is 23.7 Å². The molecule has 2 rings (SSSR count). The van der Waals surface area contributed by atoms with Gasteiger partial charge in [0, 0.05) is 6.20 Å². The number of halogens is 1. The van der Waals surface area contributed by atoms with Crippen LogP contribution >= 0.6 is 11.6 Å². The Balaban J connectivity index is 2.23. The van der Waals surface area contributed by atoms with Gasteiger partial charge in [-0.2, -0.15) is 0 Å². The molecule has 94 valence electrons. The summed E-state index contributed by atoms with van der Waals surface area (Å²) >= 11 is 6.00. The zero-order chi connectivity index (χ0) is 13.0. The first-order chi connectivity index (χ1) is 8.72. The van der Waals surface area contributed by atoms with Crippen LogP contribution in [0.25, 0.3) is 0 Å². The molecule has 1 N–H and O–H groups in total. The van der Waals surface area contributed by atoms with E-state index in [0.717, 1.165) is 11.3 Å². The molecule has 1 unspecified atom stereocenters. The molecule has 1 aromatic heterocycles. The third-order valence-electron chi connectivity index (χ3n) is 2.55. The molecule has 0 fully saturated rings. The van der Waals surface area contributed by atoms with Crippen molar-refractivity contribution in [2.24, 2.45) is 0 Å². The quantitative estimate of drug-likeness (QED) is 0.921. The SMILES string of the molecule is CCOc1ccc(C(O)c2ncccc2Cl)cc1. The van der Waals surface area contributed by atoms with E-state index < -0.39 is 6.10 Å². The average Bonchev–Trinajstić information content (AvgIpc) is 2.40. The summed E-state index contributed by atoms with van der Waals surface area (Å²) in [5, 5.41) is 10.7. The molecule has 1 atom stereocenters. The van der Waals surface area contributed by atoms with E-state index in [1.165, 1.54) is 0 Å². The highest BCUT2D eigenvalue weighted by atomic mass is 35.5. The van der Waals surface area contributed by atoms with Crippen molar-refractivity contribution in [1.29, 1.82) is 0 Å². The van der Waals surface area contributed by atoms with Crippen LogP contribution in [0.4, 0.5) is 0 Å². The summed E-state index contributed by atoms with van der Waals surface area (Å²) < 4.78 is 5.35. The van der Waals surface area contributed by atoms with Crippen molar-refractivity contribution in [3.05, 3.63) is 58.9 Å². The van der Waals surface area contributed by atoms with Gasteiger partial charge in [0.05, 0.1) is 17.3 Å². The van der Waals surface area contributed by atoms with Crippen molar-refractivity contribution < 1.29 is 9.84 Å². The Morgan fingerprint density at radius 3 is 2.61 bits per heavy atom. The lowest BCUT2D eigenvalue weighted by molar-refractivity contribution is 0.215. The third kappa shape index (κ3) is 2.81. The molecular weight excluding hydrogens is 250 g/mol. The van der Waals surface area contributed by atoms with E-state index >= 15 is 0 Å². The lowest BCUT2D eigenvalue weighted by Gasteiger charge is -2.12. The third-order valence-corrected chi connectivity index (χ3v) is 2.87. The van der Waals surface area contributed by atoms with Crippen molar-refractivity contribution in [2.75, 3.05) is 6.61 Å². The number of benzene rings is 1. The summed E-state index contributed by atoms with van der Waals surface area (Å²) in [6, 6.07) is 10.7. The summed E-state index contributed by atoms with van der Waals surface area (Å²) in [5.41, 5.74) is 1.20. The predicted octanol–water partition coefficient (Wildman–Crippen LogP) is 3.22. The first kappa shape index (κ1) is 12.9. The lowest BCUT2D eigenvalue weighted by atomic mass is 10.1. The molecule has 0 spiro atoms. The lowest BCUT2D eigenvalue weighted by Crippen LogP contribution is -2.03. The average molecular weight is 264 g/mol. The van der Waals surface area contributed by atoms with E-state index in [2.05, 4.69) is 4.98 Å². The Hall–Kier alpha value is -1.58. The number of rotatable bonds is 4. The van der Waals surface area contributed by atoms with Crippen LogP contribution in [-0.4, -0.2) is 16.7 Å². The van der Waals surface area contributed by atoms with Crippen LogP contribution in [0.5, 0.6) is 5.75 Å². The van der Waals surface area contributed by atoms with Gasteiger partial charge in [-0.05, 0) is 36.8 Å². The van der Waals surface area contributed by atoms with Crippen LogP contribution in [0.15, 0.2) is 42.6 Å². The Labute approximate surface area is 111 Å². The highest BCUT2D eigenvalue weighted by molar-refractivity contribution is 6.31. The Bertz CT molecular complexity index is 513. The van der Waals surface area contributed by atoms with Crippen molar-refractivity contribution in [2.45, 2.75) is 13.0 Å². The minimum absolute atomic E-state index is 0.457. The first-order valence-electron chi connectivity index (χ1n) is 5.73. The molecule has 0 aliphatic carbocycles. The minimum atomic E-state index is -0.825. The van der Waals surface area contributed by atoms with E-state index in [4.69, 9.17) is 16.3 Å². The molecule has 0 aliphatic rings. The topological polar surface area (TPSA) is 42.4 Å². The minimum Gasteiger partial charge on any atom is -0.494 e. The van der Waals surface area contributed by atoms with E-state index in [-0.39, 0.29) is 0 Å². The second-order valence-electron chi connectivity index (χ2n) is 3.78. The van der Waals surface area contributed by atoms with Gasteiger partial charge < -0.3 is 9.84 Å². The summed E-state index contributed by atoms with van der Waals surface area (Å²) in [4.78, 5) is 4.10. The highest BCUT2D eigenvalue weighted by Crippen LogP contribution is 2.27. The number of hydrogen-bond acceptors (Lipinski definition) is 3. The number of aliphatic hydroxyl groups is 1. The van der Waals surface area contributed by atoms with Gasteiger partial charge in [-0.3, -0.25) is 4.98 Å². The molecular formula is C14H14ClNO2. The molecule has 0 aliphatic heterocycles. The fourth-order valence-electron chi connectivity index (χ4n) is 1.67. The largest absolute Gasteiger partial charge is 0.494 e. The van der Waals surface area contributed by atoms with Crippen LogP contribution < -0.4 is 4.74 Å². The molecule has 3 nitrogen and oxygen atoms in total. The second-order valence-corrected chi connectivity index (χ2v) is 4.18. The molecule has 0 radical (unpaired) electrons. The molecule has 0 saturated heterocycles. The second kappa shape index (κ2) is 5.85. The maximum absolute atomic E-state index is 10.2. The monoisotopic (exact) mass is 263 g/mol. The highest BCUT2D eigenvalue weighted by Gasteiger charge is 2.14. The molecule has 1 heterocycles. The molecule has 1 aromatic carbocycles. The summed E-state index contributed by atoms with van der Waals surface area (Å²) in [6.45, 7) is 2.55. The Morgan fingerprint density at radius 1 is 1.28 bits per heavy atom. The summed E-state index contributed by atoms with van der Waals surface area (Å²) in [6.07, 6.45) is 0.785. The number of aromatic nitrogens is 1. The van der Waals surface area contributed by atoms with Crippen LogP contribution in [-0.2, 0) is 0 Å². The van der Waals surface area contributed by atoms with E-state index in [9.17, 15) is 5.11 Å². The Morgan fingerprint density at radius 2 is 2.00 bits per heavy atom. The van der Waals surface area contributed by atoms with Gasteiger partial charge in [-0.25, -0.2) is 0 Å². The van der Waals surface area contributed by atoms with Gasteiger partial charge in [-0.15, -0.1) is 0 Å². The first-order valence-corrected chi connectivity index (χ1v) is 6.11. The molecule has 0 amide bonds. The maximum atomic E-state index is 10.2. The molecule has 18 heavy (non-hydrogen) atoms. The van der Waals surface area contributed by atoms with Crippen LogP contribution in [0.3, 0.4) is 0 Å². The maximum Gasteiger partial charge on any atom is 0.122 e. The zero-order valence-corrected chi connectivity index (χ0v) is 10.8. The van der Waals surface area contributed by atoms with Crippen molar-refractivity contribution >= 4 is 11.6 Å². The predicted molar refractivity (Wildman–Crippen MR) is 70.9 cm³/mol. The van der Waals surface area contributed by atoms with Crippen LogP contribution in [0.2, 0.25) is 5.02 Å². The molecule has 0 saturated carbocycles. The van der Waals surface area contributed by atoms with E-state index in [1.807, 2.05) is 19.1 Å². The van der Waals surface area contributed by atoms with E-state index in [0.29, 0.717) is 17.3 Å². The molecule has 0 bridgehead atoms. The number of pyridine rings is 1. The number of aliphatic hydroxyl groups excluding tert-OH is 1. The van der Waals surface area contributed by atoms with E-state index in [1.54, 1.807) is 30.5 Å². The normalized spacial score (nSPS) is 12.2. The zero-order valence-electron chi connectivity index (χ0n) is 10.0. The van der Waals surface area contributed by atoms with Gasteiger partial charge in [0.1, 0.15) is 11.9 Å². The number of nitrogens with zero attached hydrogens (tertiary/aromatic N) is 1. The van der Waals surface area contributed by atoms with Crippen molar-refractivity contribution in [1.82, 2.24) is 4.98 Å². The van der Waals surface area contributed by atoms with Gasteiger partial charge in [0.2, 0.25) is 0 Å². The molecule has 2 aromatic rings. The van der Waals surface area contributed by atoms with Gasteiger partial charge in [0.15, 0.2) is 0 Å². The van der Waals surface area contributed by atoms with Crippen LogP contribution in [0, 0.1) is 0 Å². The smallest absolute Gasteiger partial charge is 0.122 e. The number of ether oxygens (including phenoxy) is 1.